The molecule has 1 fully saturated rings. The summed E-state index contributed by atoms with van der Waals surface area (Å²) in [7, 11) is 2.24. The van der Waals surface area contributed by atoms with Crippen LogP contribution >= 0.6 is 0 Å². The maximum atomic E-state index is 5.83. The van der Waals surface area contributed by atoms with Crippen molar-refractivity contribution in [3.63, 3.8) is 0 Å². The Labute approximate surface area is 87.2 Å². The highest BCUT2D eigenvalue weighted by atomic mass is 15.1. The maximum absolute atomic E-state index is 5.83. The molecule has 0 aromatic heterocycles. The Balaban J connectivity index is 1.67. The zero-order valence-corrected chi connectivity index (χ0v) is 9.32. The van der Waals surface area contributed by atoms with Gasteiger partial charge in [0.25, 0.3) is 0 Å². The molecule has 0 radical (unpaired) electrons. The molecule has 0 amide bonds. The minimum atomic E-state index is 0.313. The van der Waals surface area contributed by atoms with E-state index in [-0.39, 0.29) is 0 Å². The summed E-state index contributed by atoms with van der Waals surface area (Å²) >= 11 is 0. The van der Waals surface area contributed by atoms with Gasteiger partial charge in [0, 0.05) is 19.1 Å². The lowest BCUT2D eigenvalue weighted by atomic mass is 10.1. The van der Waals surface area contributed by atoms with E-state index in [1.807, 2.05) is 0 Å². The van der Waals surface area contributed by atoms with E-state index in [0.717, 1.165) is 18.3 Å². The first-order valence-corrected chi connectivity index (χ1v) is 5.77. The first-order valence-electron chi connectivity index (χ1n) is 5.77. The third-order valence-corrected chi connectivity index (χ3v) is 3.57. The average Bonchev–Trinajstić information content (AvgIpc) is 2.59. The number of nitrogens with two attached hydrogens (primary N) is 1. The van der Waals surface area contributed by atoms with Crippen LogP contribution in [0.5, 0.6) is 0 Å². The topological polar surface area (TPSA) is 29.3 Å². The summed E-state index contributed by atoms with van der Waals surface area (Å²) in [5.41, 5.74) is 5.83. The summed E-state index contributed by atoms with van der Waals surface area (Å²) in [6.07, 6.45) is 7.02. The first kappa shape index (κ1) is 10.2. The minimum absolute atomic E-state index is 0.313. The standard InChI is InChI=1S/C12H22N2/c1-9-5-11(9)8-14(2)7-10-3-4-12(13)6-10/h3-4,9-12H,5-8,13H2,1-2H3. The smallest absolute Gasteiger partial charge is 0.0229 e. The molecule has 2 heteroatoms. The van der Waals surface area contributed by atoms with E-state index >= 15 is 0 Å². The van der Waals surface area contributed by atoms with Crippen molar-refractivity contribution in [1.29, 1.82) is 0 Å². The lowest BCUT2D eigenvalue weighted by Crippen LogP contribution is -2.28. The van der Waals surface area contributed by atoms with Gasteiger partial charge in [0.05, 0.1) is 0 Å². The highest BCUT2D eigenvalue weighted by molar-refractivity contribution is 5.05. The van der Waals surface area contributed by atoms with E-state index in [0.29, 0.717) is 12.0 Å². The fraction of sp³-hybridized carbons (Fsp3) is 0.833. The Morgan fingerprint density at radius 3 is 2.50 bits per heavy atom. The Kier molecular flexibility index (Phi) is 2.93. The van der Waals surface area contributed by atoms with Crippen molar-refractivity contribution < 1.29 is 0 Å². The molecule has 0 aliphatic heterocycles. The van der Waals surface area contributed by atoms with Crippen molar-refractivity contribution in [3.8, 4) is 0 Å². The van der Waals surface area contributed by atoms with Crippen LogP contribution in [0.15, 0.2) is 12.2 Å². The molecule has 2 aliphatic carbocycles. The molecule has 2 N–H and O–H groups in total. The van der Waals surface area contributed by atoms with Gasteiger partial charge in [-0.2, -0.15) is 0 Å². The van der Waals surface area contributed by atoms with Crippen LogP contribution in [-0.2, 0) is 0 Å². The summed E-state index contributed by atoms with van der Waals surface area (Å²) < 4.78 is 0. The van der Waals surface area contributed by atoms with Gasteiger partial charge in [-0.25, -0.2) is 0 Å². The predicted molar refractivity (Wildman–Crippen MR) is 60.0 cm³/mol. The van der Waals surface area contributed by atoms with E-state index in [1.165, 1.54) is 19.5 Å². The van der Waals surface area contributed by atoms with Gasteiger partial charge in [-0.15, -0.1) is 0 Å². The quantitative estimate of drug-likeness (QED) is 0.687. The van der Waals surface area contributed by atoms with Crippen LogP contribution in [0.3, 0.4) is 0 Å². The fourth-order valence-electron chi connectivity index (χ4n) is 2.47. The van der Waals surface area contributed by atoms with Crippen LogP contribution in [0.4, 0.5) is 0 Å². The van der Waals surface area contributed by atoms with Crippen molar-refractivity contribution in [2.24, 2.45) is 23.5 Å². The van der Waals surface area contributed by atoms with Crippen molar-refractivity contribution >= 4 is 0 Å². The fourth-order valence-corrected chi connectivity index (χ4v) is 2.47. The number of hydrogen-bond acceptors (Lipinski definition) is 2. The lowest BCUT2D eigenvalue weighted by molar-refractivity contribution is 0.281. The van der Waals surface area contributed by atoms with Gasteiger partial charge in [0.2, 0.25) is 0 Å². The molecule has 1 saturated carbocycles. The molecular formula is C12H22N2. The lowest BCUT2D eigenvalue weighted by Gasteiger charge is -2.20. The van der Waals surface area contributed by atoms with Crippen LogP contribution in [0, 0.1) is 17.8 Å². The van der Waals surface area contributed by atoms with Crippen molar-refractivity contribution in [3.05, 3.63) is 12.2 Å². The van der Waals surface area contributed by atoms with Crippen LogP contribution in [-0.4, -0.2) is 31.1 Å². The molecule has 80 valence electrons. The highest BCUT2D eigenvalue weighted by Crippen LogP contribution is 2.38. The molecule has 2 aliphatic rings. The average molecular weight is 194 g/mol. The largest absolute Gasteiger partial charge is 0.324 e. The number of rotatable bonds is 4. The van der Waals surface area contributed by atoms with Gasteiger partial charge in [-0.05, 0) is 37.6 Å². The Bertz CT molecular complexity index is 224. The van der Waals surface area contributed by atoms with Gasteiger partial charge in [-0.3, -0.25) is 0 Å². The molecule has 0 bridgehead atoms. The summed E-state index contributed by atoms with van der Waals surface area (Å²) in [6.45, 7) is 4.82. The van der Waals surface area contributed by atoms with Crippen molar-refractivity contribution in [1.82, 2.24) is 4.90 Å². The van der Waals surface area contributed by atoms with E-state index < -0.39 is 0 Å². The third kappa shape index (κ3) is 2.58. The molecule has 2 rings (SSSR count). The van der Waals surface area contributed by atoms with Crippen LogP contribution in [0.1, 0.15) is 19.8 Å². The SMILES string of the molecule is CC1CC1CN(C)CC1C=CC(N)C1. The van der Waals surface area contributed by atoms with Crippen LogP contribution < -0.4 is 5.73 Å². The molecule has 2 nitrogen and oxygen atoms in total. The zero-order valence-electron chi connectivity index (χ0n) is 9.32. The van der Waals surface area contributed by atoms with E-state index in [2.05, 4.69) is 31.0 Å². The van der Waals surface area contributed by atoms with Crippen LogP contribution in [0.25, 0.3) is 0 Å². The summed E-state index contributed by atoms with van der Waals surface area (Å²) in [6, 6.07) is 0.313. The van der Waals surface area contributed by atoms with Gasteiger partial charge in [0.15, 0.2) is 0 Å². The molecule has 4 unspecified atom stereocenters. The Hall–Kier alpha value is -0.340. The van der Waals surface area contributed by atoms with Gasteiger partial charge < -0.3 is 10.6 Å². The second-order valence-corrected chi connectivity index (χ2v) is 5.24. The second kappa shape index (κ2) is 4.03. The molecule has 0 aromatic rings. The summed E-state index contributed by atoms with van der Waals surface area (Å²) in [5.74, 6) is 2.64. The maximum Gasteiger partial charge on any atom is 0.0229 e. The van der Waals surface area contributed by atoms with Gasteiger partial charge in [-0.1, -0.05) is 19.1 Å². The highest BCUT2D eigenvalue weighted by Gasteiger charge is 2.33. The normalized spacial score (nSPS) is 40.9. The van der Waals surface area contributed by atoms with Crippen LogP contribution in [0.2, 0.25) is 0 Å². The Morgan fingerprint density at radius 1 is 1.29 bits per heavy atom. The monoisotopic (exact) mass is 194 g/mol. The van der Waals surface area contributed by atoms with E-state index in [9.17, 15) is 0 Å². The second-order valence-electron chi connectivity index (χ2n) is 5.24. The number of hydrogen-bond donors (Lipinski definition) is 1. The molecule has 0 saturated heterocycles. The molecule has 4 atom stereocenters. The zero-order chi connectivity index (χ0) is 10.1. The Morgan fingerprint density at radius 2 is 2.00 bits per heavy atom. The molecule has 0 spiro atoms. The number of nitrogens with zero attached hydrogens (tertiary/aromatic N) is 1. The van der Waals surface area contributed by atoms with E-state index in [1.54, 1.807) is 0 Å². The van der Waals surface area contributed by atoms with Gasteiger partial charge >= 0.3 is 0 Å². The third-order valence-electron chi connectivity index (χ3n) is 3.57. The summed E-state index contributed by atoms with van der Waals surface area (Å²) in [4.78, 5) is 2.47. The predicted octanol–water partition coefficient (Wildman–Crippen LogP) is 1.48. The first-order chi connectivity index (χ1) is 6.65. The summed E-state index contributed by atoms with van der Waals surface area (Å²) in [5, 5.41) is 0. The minimum Gasteiger partial charge on any atom is -0.324 e. The molecular weight excluding hydrogens is 172 g/mol. The molecule has 0 aromatic carbocycles. The van der Waals surface area contributed by atoms with Crippen molar-refractivity contribution in [2.45, 2.75) is 25.8 Å². The molecule has 0 heterocycles. The van der Waals surface area contributed by atoms with Gasteiger partial charge in [0.1, 0.15) is 0 Å². The van der Waals surface area contributed by atoms with E-state index in [4.69, 9.17) is 5.73 Å². The van der Waals surface area contributed by atoms with Crippen molar-refractivity contribution in [2.75, 3.05) is 20.1 Å². The molecule has 14 heavy (non-hydrogen) atoms.